The number of H-pyrrole nitrogens is 1. The van der Waals surface area contributed by atoms with Crippen LogP contribution in [0.4, 0.5) is 5.82 Å². The van der Waals surface area contributed by atoms with E-state index in [4.69, 9.17) is 11.0 Å². The fourth-order valence-electron chi connectivity index (χ4n) is 1.99. The standard InChI is InChI=1S/C13H10N6O/c14-7-9-11(15)18-19-12(9)17-16-10(13(19)20)6-8-4-2-1-3-5-8/h1-5,18H,6,15H2. The van der Waals surface area contributed by atoms with Crippen LogP contribution >= 0.6 is 0 Å². The molecule has 3 N–H and O–H groups in total. The van der Waals surface area contributed by atoms with Crippen molar-refractivity contribution >= 4 is 11.5 Å². The maximum Gasteiger partial charge on any atom is 0.295 e. The Morgan fingerprint density at radius 3 is 2.75 bits per heavy atom. The maximum absolute atomic E-state index is 12.3. The van der Waals surface area contributed by atoms with E-state index >= 15 is 0 Å². The van der Waals surface area contributed by atoms with E-state index in [1.807, 2.05) is 36.4 Å². The van der Waals surface area contributed by atoms with Gasteiger partial charge in [0, 0.05) is 6.42 Å². The van der Waals surface area contributed by atoms with Gasteiger partial charge < -0.3 is 5.73 Å². The number of benzene rings is 1. The van der Waals surface area contributed by atoms with Crippen molar-refractivity contribution in [3.8, 4) is 6.07 Å². The SMILES string of the molecule is N#Cc1c(N)[nH]n2c(=O)c(Cc3ccccc3)nnc12. The van der Waals surface area contributed by atoms with Gasteiger partial charge in [-0.05, 0) is 5.56 Å². The molecule has 0 amide bonds. The van der Waals surface area contributed by atoms with E-state index < -0.39 is 0 Å². The highest BCUT2D eigenvalue weighted by Crippen LogP contribution is 2.12. The Morgan fingerprint density at radius 2 is 2.05 bits per heavy atom. The molecule has 7 heteroatoms. The average Bonchev–Trinajstić information content (AvgIpc) is 2.79. The molecular weight excluding hydrogens is 256 g/mol. The Morgan fingerprint density at radius 1 is 1.30 bits per heavy atom. The minimum absolute atomic E-state index is 0.107. The van der Waals surface area contributed by atoms with Gasteiger partial charge >= 0.3 is 0 Å². The number of nitrogens with zero attached hydrogens (tertiary/aromatic N) is 4. The predicted octanol–water partition coefficient (Wildman–Crippen LogP) is 0.462. The lowest BCUT2D eigenvalue weighted by Crippen LogP contribution is -2.22. The highest BCUT2D eigenvalue weighted by atomic mass is 16.1. The van der Waals surface area contributed by atoms with Crippen molar-refractivity contribution in [2.45, 2.75) is 6.42 Å². The van der Waals surface area contributed by atoms with Crippen LogP contribution in [0.15, 0.2) is 35.1 Å². The first kappa shape index (κ1) is 11.9. The van der Waals surface area contributed by atoms with Crippen molar-refractivity contribution in [3.63, 3.8) is 0 Å². The van der Waals surface area contributed by atoms with Crippen molar-refractivity contribution in [2.75, 3.05) is 5.73 Å². The number of rotatable bonds is 2. The number of nitrogens with two attached hydrogens (primary N) is 1. The summed E-state index contributed by atoms with van der Waals surface area (Å²) in [5.41, 5.74) is 6.79. The minimum atomic E-state index is -0.355. The monoisotopic (exact) mass is 266 g/mol. The van der Waals surface area contributed by atoms with Crippen LogP contribution < -0.4 is 11.3 Å². The molecule has 0 spiro atoms. The third-order valence-electron chi connectivity index (χ3n) is 2.98. The zero-order valence-corrected chi connectivity index (χ0v) is 10.4. The van der Waals surface area contributed by atoms with E-state index in [9.17, 15) is 4.79 Å². The van der Waals surface area contributed by atoms with Crippen molar-refractivity contribution in [3.05, 3.63) is 57.5 Å². The summed E-state index contributed by atoms with van der Waals surface area (Å²) in [6.45, 7) is 0. The van der Waals surface area contributed by atoms with Gasteiger partial charge in [0.2, 0.25) is 0 Å². The summed E-state index contributed by atoms with van der Waals surface area (Å²) >= 11 is 0. The first-order chi connectivity index (χ1) is 9.70. The molecule has 0 aliphatic rings. The second kappa shape index (κ2) is 4.51. The van der Waals surface area contributed by atoms with Gasteiger partial charge in [-0.2, -0.15) is 9.78 Å². The molecule has 0 saturated heterocycles. The Hall–Kier alpha value is -3.14. The molecule has 0 atom stereocenters. The summed E-state index contributed by atoms with van der Waals surface area (Å²) in [4.78, 5) is 12.3. The molecule has 0 saturated carbocycles. The lowest BCUT2D eigenvalue weighted by atomic mass is 10.1. The van der Waals surface area contributed by atoms with E-state index in [0.29, 0.717) is 12.1 Å². The number of nitrogens with one attached hydrogen (secondary N) is 1. The van der Waals surface area contributed by atoms with Gasteiger partial charge in [0.25, 0.3) is 5.56 Å². The van der Waals surface area contributed by atoms with Crippen LogP contribution in [-0.2, 0) is 6.42 Å². The Labute approximate surface area is 113 Å². The molecule has 98 valence electrons. The molecule has 0 fully saturated rings. The van der Waals surface area contributed by atoms with Gasteiger partial charge in [0.05, 0.1) is 0 Å². The van der Waals surface area contributed by atoms with Crippen molar-refractivity contribution < 1.29 is 0 Å². The minimum Gasteiger partial charge on any atom is -0.383 e. The highest BCUT2D eigenvalue weighted by Gasteiger charge is 2.15. The fraction of sp³-hybridized carbons (Fsp3) is 0.0769. The van der Waals surface area contributed by atoms with E-state index in [1.165, 1.54) is 0 Å². The van der Waals surface area contributed by atoms with Crippen molar-refractivity contribution in [1.82, 2.24) is 19.8 Å². The smallest absolute Gasteiger partial charge is 0.295 e. The summed E-state index contributed by atoms with van der Waals surface area (Å²) in [5, 5.41) is 19.4. The van der Waals surface area contributed by atoms with Gasteiger partial charge in [0.15, 0.2) is 5.65 Å². The van der Waals surface area contributed by atoms with Crippen molar-refractivity contribution in [2.24, 2.45) is 0 Å². The first-order valence-electron chi connectivity index (χ1n) is 5.90. The molecule has 2 aromatic heterocycles. The Balaban J connectivity index is 2.13. The van der Waals surface area contributed by atoms with Crippen LogP contribution in [0.1, 0.15) is 16.8 Å². The Bertz CT molecular complexity index is 871. The van der Waals surface area contributed by atoms with Gasteiger partial charge in [-0.1, -0.05) is 30.3 Å². The quantitative estimate of drug-likeness (QED) is 0.699. The number of aromatic nitrogens is 4. The summed E-state index contributed by atoms with van der Waals surface area (Å²) in [6, 6.07) is 11.4. The number of hydrogen-bond acceptors (Lipinski definition) is 5. The molecule has 0 radical (unpaired) electrons. The summed E-state index contributed by atoms with van der Waals surface area (Å²) in [6.07, 6.45) is 0.371. The molecule has 0 bridgehead atoms. The number of anilines is 1. The zero-order valence-electron chi connectivity index (χ0n) is 10.4. The van der Waals surface area contributed by atoms with Crippen LogP contribution in [0.2, 0.25) is 0 Å². The van der Waals surface area contributed by atoms with E-state index in [-0.39, 0.29) is 22.6 Å². The molecule has 0 aliphatic heterocycles. The van der Waals surface area contributed by atoms with E-state index in [1.54, 1.807) is 0 Å². The molecule has 1 aromatic carbocycles. The molecule has 20 heavy (non-hydrogen) atoms. The molecule has 0 unspecified atom stereocenters. The third-order valence-corrected chi connectivity index (χ3v) is 2.98. The third kappa shape index (κ3) is 1.80. The van der Waals surface area contributed by atoms with Crippen molar-refractivity contribution in [1.29, 1.82) is 5.26 Å². The molecule has 3 rings (SSSR count). The zero-order chi connectivity index (χ0) is 14.1. The fourth-order valence-corrected chi connectivity index (χ4v) is 1.99. The Kier molecular flexibility index (Phi) is 2.69. The van der Waals surface area contributed by atoms with Crippen LogP contribution in [-0.4, -0.2) is 19.8 Å². The highest BCUT2D eigenvalue weighted by molar-refractivity contribution is 5.65. The average molecular weight is 266 g/mol. The number of nitrogen functional groups attached to an aromatic ring is 1. The van der Waals surface area contributed by atoms with Gasteiger partial charge in [-0.25, -0.2) is 0 Å². The lowest BCUT2D eigenvalue weighted by molar-refractivity contribution is 0.809. The largest absolute Gasteiger partial charge is 0.383 e. The number of aromatic amines is 1. The van der Waals surface area contributed by atoms with Gasteiger partial charge in [-0.3, -0.25) is 9.89 Å². The summed E-state index contributed by atoms with van der Waals surface area (Å²) < 4.78 is 1.15. The molecule has 7 nitrogen and oxygen atoms in total. The predicted molar refractivity (Wildman–Crippen MR) is 72.0 cm³/mol. The number of hydrogen-bond donors (Lipinski definition) is 2. The first-order valence-corrected chi connectivity index (χ1v) is 5.90. The molecule has 2 heterocycles. The number of nitriles is 1. The molecule has 3 aromatic rings. The van der Waals surface area contributed by atoms with Crippen LogP contribution in [0.5, 0.6) is 0 Å². The normalized spacial score (nSPS) is 10.6. The molecular formula is C13H10N6O. The number of fused-ring (bicyclic) bond motifs is 1. The second-order valence-electron chi connectivity index (χ2n) is 4.29. The summed E-state index contributed by atoms with van der Waals surface area (Å²) in [5.74, 6) is 0.107. The summed E-state index contributed by atoms with van der Waals surface area (Å²) in [7, 11) is 0. The van der Waals surface area contributed by atoms with E-state index in [2.05, 4.69) is 15.3 Å². The van der Waals surface area contributed by atoms with Gasteiger partial charge in [-0.15, -0.1) is 10.2 Å². The lowest BCUT2D eigenvalue weighted by Gasteiger charge is -2.00. The van der Waals surface area contributed by atoms with Gasteiger partial charge in [0.1, 0.15) is 23.1 Å². The van der Waals surface area contributed by atoms with Crippen LogP contribution in [0, 0.1) is 11.3 Å². The maximum atomic E-state index is 12.3. The second-order valence-corrected chi connectivity index (χ2v) is 4.29. The van der Waals surface area contributed by atoms with Crippen LogP contribution in [0.25, 0.3) is 5.65 Å². The topological polar surface area (TPSA) is 113 Å². The van der Waals surface area contributed by atoms with Crippen LogP contribution in [0.3, 0.4) is 0 Å². The van der Waals surface area contributed by atoms with E-state index in [0.717, 1.165) is 10.1 Å². The molecule has 0 aliphatic carbocycles.